The van der Waals surface area contributed by atoms with E-state index >= 15 is 0 Å². The molecule has 376 valence electrons. The Balaban J connectivity index is 0.000000124. The molecule has 0 unspecified atom stereocenters. The molecule has 8 aromatic carbocycles. The molecule has 0 bridgehead atoms. The lowest BCUT2D eigenvalue weighted by atomic mass is 10.1. The molecule has 4 heterocycles. The minimum atomic E-state index is -0.903. The third-order valence-corrected chi connectivity index (χ3v) is 12.3. The molecule has 4 aromatic heterocycles. The second-order valence-corrected chi connectivity index (χ2v) is 17.5. The lowest BCUT2D eigenvalue weighted by Crippen LogP contribution is -2.00. The summed E-state index contributed by atoms with van der Waals surface area (Å²) in [4.78, 5) is 60.5. The van der Waals surface area contributed by atoms with Crippen molar-refractivity contribution in [1.29, 1.82) is 0 Å². The maximum Gasteiger partial charge on any atom is 0.335 e. The Morgan fingerprint density at radius 3 is 0.645 bits per heavy atom. The summed E-state index contributed by atoms with van der Waals surface area (Å²) >= 11 is 0. The summed E-state index contributed by atoms with van der Waals surface area (Å²) in [5, 5.41) is 35.4. The number of nitrogens with zero attached hydrogens (tertiary/aromatic N) is 8. The van der Waals surface area contributed by atoms with Crippen LogP contribution in [0.5, 0.6) is 0 Å². The van der Waals surface area contributed by atoms with E-state index in [9.17, 15) is 19.2 Å². The molecule has 0 aliphatic rings. The Hall–Kier alpha value is -10.5. The van der Waals surface area contributed by atoms with E-state index in [1.54, 1.807) is 73.8 Å². The molecule has 0 atom stereocenters. The van der Waals surface area contributed by atoms with Crippen LogP contribution in [-0.4, -0.2) is 82.5 Å². The van der Waals surface area contributed by atoms with Gasteiger partial charge in [-0.3, -0.25) is 0 Å². The average Bonchev–Trinajstić information content (AvgIpc) is 4.27. The molecule has 4 N–H and O–H groups in total. The van der Waals surface area contributed by atoms with Gasteiger partial charge in [0, 0.05) is 26.2 Å². The molecule has 0 saturated carbocycles. The van der Waals surface area contributed by atoms with Gasteiger partial charge in [-0.25, -0.2) is 39.1 Å². The normalized spacial score (nSPS) is 10.7. The highest BCUT2D eigenvalue weighted by Gasteiger charge is 2.09. The zero-order valence-corrected chi connectivity index (χ0v) is 40.6. The number of benzene rings is 8. The predicted octanol–water partition coefficient (Wildman–Crippen LogP) is 11.1. The van der Waals surface area contributed by atoms with Gasteiger partial charge in [-0.05, 0) is 119 Å². The van der Waals surface area contributed by atoms with Crippen molar-refractivity contribution in [3.8, 4) is 0 Å². The van der Waals surface area contributed by atoms with Gasteiger partial charge in [0.05, 0.1) is 91.7 Å². The van der Waals surface area contributed by atoms with E-state index < -0.39 is 23.9 Å². The van der Waals surface area contributed by atoms with Gasteiger partial charge in [-0.1, -0.05) is 97.1 Å². The number of aromatic nitrogens is 8. The van der Waals surface area contributed by atoms with E-state index in [4.69, 9.17) is 20.4 Å². The first-order valence-corrected chi connectivity index (χ1v) is 23.8. The number of para-hydroxylation sites is 8. The number of carbonyl (C=O) groups is 4. The second-order valence-electron chi connectivity index (χ2n) is 17.5. The van der Waals surface area contributed by atoms with Crippen LogP contribution in [-0.2, 0) is 26.2 Å². The van der Waals surface area contributed by atoms with Crippen LogP contribution in [0, 0.1) is 0 Å². The molecule has 0 saturated heterocycles. The van der Waals surface area contributed by atoms with Crippen molar-refractivity contribution < 1.29 is 39.6 Å². The minimum Gasteiger partial charge on any atom is -0.478 e. The van der Waals surface area contributed by atoms with Crippen LogP contribution in [0.1, 0.15) is 63.7 Å². The van der Waals surface area contributed by atoms with E-state index in [2.05, 4.69) is 19.9 Å². The van der Waals surface area contributed by atoms with Crippen LogP contribution in [0.15, 0.2) is 219 Å². The molecule has 0 fully saturated rings. The number of hydrogen-bond donors (Lipinski definition) is 4. The summed E-state index contributed by atoms with van der Waals surface area (Å²) in [6, 6.07) is 59.4. The highest BCUT2D eigenvalue weighted by atomic mass is 16.4. The first-order valence-electron chi connectivity index (χ1n) is 23.8. The van der Waals surface area contributed by atoms with Crippen molar-refractivity contribution in [3.63, 3.8) is 0 Å². The Morgan fingerprint density at radius 1 is 0.276 bits per heavy atom. The molecule has 0 spiro atoms. The third kappa shape index (κ3) is 12.4. The molecule has 76 heavy (non-hydrogen) atoms. The molecule has 12 aromatic rings. The van der Waals surface area contributed by atoms with Gasteiger partial charge in [0.25, 0.3) is 0 Å². The maximum atomic E-state index is 10.8. The Labute approximate surface area is 434 Å². The summed E-state index contributed by atoms with van der Waals surface area (Å²) in [7, 11) is 0. The van der Waals surface area contributed by atoms with E-state index in [-0.39, 0.29) is 0 Å². The summed E-state index contributed by atoms with van der Waals surface area (Å²) in [6.45, 7) is 2.72. The highest BCUT2D eigenvalue weighted by molar-refractivity contribution is 5.89. The van der Waals surface area contributed by atoms with E-state index in [0.29, 0.717) is 48.4 Å². The van der Waals surface area contributed by atoms with Crippen molar-refractivity contribution in [1.82, 2.24) is 38.2 Å². The fourth-order valence-electron chi connectivity index (χ4n) is 8.34. The summed E-state index contributed by atoms with van der Waals surface area (Å²) in [6.07, 6.45) is 7.21. The molecule has 16 heteroatoms. The van der Waals surface area contributed by atoms with Crippen LogP contribution in [0.25, 0.3) is 44.1 Å². The summed E-state index contributed by atoms with van der Waals surface area (Å²) in [5.41, 5.74) is 13.6. The average molecular weight is 1010 g/mol. The number of carboxylic acid groups (broad SMARTS) is 4. The van der Waals surface area contributed by atoms with Crippen molar-refractivity contribution in [2.45, 2.75) is 26.2 Å². The smallest absolute Gasteiger partial charge is 0.335 e. The van der Waals surface area contributed by atoms with Crippen LogP contribution in [0.2, 0.25) is 0 Å². The first kappa shape index (κ1) is 50.5. The van der Waals surface area contributed by atoms with Gasteiger partial charge in [0.15, 0.2) is 0 Å². The molecule has 0 amide bonds. The SMILES string of the molecule is O=C(O)c1ccc(Cn2cnc3ccccc32)cc1.O=C(O)c1ccc(Cn2cnc3ccccc32)cc1.O=C(O)c1ccc(Cn2cnc3ccccc32)cc1.O=C(O)c1ccc(Cn2cnc3ccccc32)cc1. The Bertz CT molecular complexity index is 3430. The Morgan fingerprint density at radius 2 is 0.461 bits per heavy atom. The molecule has 0 aliphatic carbocycles. The number of aromatic carboxylic acids is 4. The molecular weight excluding hydrogens is 961 g/mol. The van der Waals surface area contributed by atoms with Crippen molar-refractivity contribution in [3.05, 3.63) is 264 Å². The van der Waals surface area contributed by atoms with Gasteiger partial charge < -0.3 is 38.7 Å². The van der Waals surface area contributed by atoms with Crippen molar-refractivity contribution in [2.75, 3.05) is 0 Å². The van der Waals surface area contributed by atoms with Crippen LogP contribution >= 0.6 is 0 Å². The zero-order valence-electron chi connectivity index (χ0n) is 40.6. The number of rotatable bonds is 12. The number of carboxylic acids is 4. The van der Waals surface area contributed by atoms with E-state index in [1.807, 2.05) is 164 Å². The predicted molar refractivity (Wildman–Crippen MR) is 289 cm³/mol. The topological polar surface area (TPSA) is 220 Å². The monoisotopic (exact) mass is 1010 g/mol. The van der Waals surface area contributed by atoms with Crippen LogP contribution < -0.4 is 0 Å². The van der Waals surface area contributed by atoms with Gasteiger partial charge in [-0.15, -0.1) is 0 Å². The molecule has 0 radical (unpaired) electrons. The molecule has 16 nitrogen and oxygen atoms in total. The Kier molecular flexibility index (Phi) is 15.5. The third-order valence-electron chi connectivity index (χ3n) is 12.3. The van der Waals surface area contributed by atoms with Gasteiger partial charge >= 0.3 is 23.9 Å². The molecular formula is C60H48N8O8. The maximum absolute atomic E-state index is 10.8. The van der Waals surface area contributed by atoms with Gasteiger partial charge in [0.2, 0.25) is 0 Å². The largest absolute Gasteiger partial charge is 0.478 e. The minimum absolute atomic E-state index is 0.305. The lowest BCUT2D eigenvalue weighted by molar-refractivity contribution is 0.0686. The molecule has 0 aliphatic heterocycles. The zero-order chi connectivity index (χ0) is 53.0. The number of fused-ring (bicyclic) bond motifs is 4. The van der Waals surface area contributed by atoms with Crippen molar-refractivity contribution >= 4 is 68.0 Å². The van der Waals surface area contributed by atoms with Crippen LogP contribution in [0.4, 0.5) is 0 Å². The molecule has 12 rings (SSSR count). The number of hydrogen-bond acceptors (Lipinski definition) is 8. The second kappa shape index (κ2) is 23.4. The van der Waals surface area contributed by atoms with Gasteiger partial charge in [-0.2, -0.15) is 0 Å². The fourth-order valence-corrected chi connectivity index (χ4v) is 8.34. The number of imidazole rings is 4. The summed E-state index contributed by atoms with van der Waals surface area (Å²) in [5.74, 6) is -3.61. The quantitative estimate of drug-likeness (QED) is 0.0898. The lowest BCUT2D eigenvalue weighted by Gasteiger charge is -2.05. The van der Waals surface area contributed by atoms with Crippen LogP contribution in [0.3, 0.4) is 0 Å². The summed E-state index contributed by atoms with van der Waals surface area (Å²) < 4.78 is 8.19. The first-order chi connectivity index (χ1) is 36.9. The van der Waals surface area contributed by atoms with E-state index in [1.165, 1.54) is 0 Å². The van der Waals surface area contributed by atoms with Crippen molar-refractivity contribution in [2.24, 2.45) is 0 Å². The fraction of sp³-hybridized carbons (Fsp3) is 0.0667. The van der Waals surface area contributed by atoms with Gasteiger partial charge in [0.1, 0.15) is 0 Å². The standard InChI is InChI=1S/4C15H12N2O2/c4*18-15(19)12-7-5-11(6-8-12)9-17-10-16-13-3-1-2-4-14(13)17/h4*1-8,10H,9H2,(H,18,19). The highest BCUT2D eigenvalue weighted by Crippen LogP contribution is 2.19. The van der Waals surface area contributed by atoms with E-state index in [0.717, 1.165) is 66.4 Å².